The van der Waals surface area contributed by atoms with Gasteiger partial charge in [0, 0.05) is 11.4 Å². The number of nitrogens with one attached hydrogen (secondary N) is 2. The maximum absolute atomic E-state index is 12.4. The largest absolute Gasteiger partial charge is 0.280 e. The van der Waals surface area contributed by atoms with Gasteiger partial charge >= 0.3 is 0 Å². The minimum absolute atomic E-state index is 0.0333. The van der Waals surface area contributed by atoms with Crippen molar-refractivity contribution in [3.8, 4) is 0 Å². The third kappa shape index (κ3) is 4.37. The SMILES string of the molecule is Cc1ccc(S(=O)(=O)Nc2ccc(S(=O)(=O)NC3=NCCS3)cc2)cc1. The minimum atomic E-state index is -3.74. The van der Waals surface area contributed by atoms with Crippen LogP contribution in [0.2, 0.25) is 0 Å². The standard InChI is InChI=1S/C16H17N3O4S3/c1-12-2-6-14(7-3-12)25(20,21)18-13-4-8-15(9-5-13)26(22,23)19-16-17-10-11-24-16/h2-9,18H,10-11H2,1H3,(H,17,19). The van der Waals surface area contributed by atoms with Crippen molar-refractivity contribution in [2.24, 2.45) is 4.99 Å². The van der Waals surface area contributed by atoms with Crippen LogP contribution in [0.5, 0.6) is 0 Å². The van der Waals surface area contributed by atoms with Crippen LogP contribution in [0.1, 0.15) is 5.56 Å². The lowest BCUT2D eigenvalue weighted by atomic mass is 10.2. The fourth-order valence-corrected chi connectivity index (χ4v) is 5.29. The summed E-state index contributed by atoms with van der Waals surface area (Å²) in [6.45, 7) is 2.45. The molecular weight excluding hydrogens is 394 g/mol. The van der Waals surface area contributed by atoms with E-state index >= 15 is 0 Å². The molecule has 138 valence electrons. The first-order chi connectivity index (χ1) is 12.3. The number of anilines is 1. The summed E-state index contributed by atoms with van der Waals surface area (Å²) in [7, 11) is -7.47. The highest BCUT2D eigenvalue weighted by Crippen LogP contribution is 2.20. The molecule has 2 aromatic rings. The van der Waals surface area contributed by atoms with Gasteiger partial charge < -0.3 is 0 Å². The predicted molar refractivity (Wildman–Crippen MR) is 104 cm³/mol. The summed E-state index contributed by atoms with van der Waals surface area (Å²) in [6.07, 6.45) is 0. The van der Waals surface area contributed by atoms with Gasteiger partial charge in [0.05, 0.1) is 16.3 Å². The smallest absolute Gasteiger partial charge is 0.263 e. The molecule has 3 rings (SSSR count). The lowest BCUT2D eigenvalue weighted by Gasteiger charge is -2.10. The van der Waals surface area contributed by atoms with Gasteiger partial charge in [-0.3, -0.25) is 14.4 Å². The van der Waals surface area contributed by atoms with Crippen molar-refractivity contribution in [3.63, 3.8) is 0 Å². The summed E-state index contributed by atoms with van der Waals surface area (Å²) in [5.41, 5.74) is 1.23. The van der Waals surface area contributed by atoms with Crippen molar-refractivity contribution >= 4 is 42.7 Å². The van der Waals surface area contributed by atoms with Gasteiger partial charge in [-0.1, -0.05) is 29.5 Å². The third-order valence-electron chi connectivity index (χ3n) is 3.56. The molecule has 10 heteroatoms. The molecule has 0 aliphatic carbocycles. The predicted octanol–water partition coefficient (Wildman–Crippen LogP) is 2.18. The topological polar surface area (TPSA) is 105 Å². The van der Waals surface area contributed by atoms with Crippen LogP contribution < -0.4 is 9.44 Å². The first kappa shape index (κ1) is 18.7. The molecule has 26 heavy (non-hydrogen) atoms. The molecule has 0 radical (unpaired) electrons. The van der Waals surface area contributed by atoms with Gasteiger partial charge in [0.25, 0.3) is 20.0 Å². The second-order valence-electron chi connectivity index (χ2n) is 5.58. The van der Waals surface area contributed by atoms with Crippen LogP contribution in [0.3, 0.4) is 0 Å². The number of aryl methyl sites for hydroxylation is 1. The average molecular weight is 412 g/mol. The van der Waals surface area contributed by atoms with Crippen LogP contribution >= 0.6 is 11.8 Å². The van der Waals surface area contributed by atoms with Crippen LogP contribution in [0, 0.1) is 6.92 Å². The number of hydrogen-bond acceptors (Lipinski definition) is 6. The van der Waals surface area contributed by atoms with Crippen molar-refractivity contribution < 1.29 is 16.8 Å². The molecule has 0 aromatic heterocycles. The lowest BCUT2D eigenvalue weighted by molar-refractivity contribution is 0.592. The Kier molecular flexibility index (Phi) is 5.26. The fourth-order valence-electron chi connectivity index (χ4n) is 2.20. The number of sulfonamides is 2. The van der Waals surface area contributed by atoms with Crippen LogP contribution in [0.15, 0.2) is 63.3 Å². The van der Waals surface area contributed by atoms with E-state index in [2.05, 4.69) is 14.4 Å². The summed E-state index contributed by atoms with van der Waals surface area (Å²) < 4.78 is 54.2. The molecule has 0 saturated carbocycles. The molecule has 7 nitrogen and oxygen atoms in total. The summed E-state index contributed by atoms with van der Waals surface area (Å²) >= 11 is 1.34. The Labute approximate surface area is 157 Å². The number of aliphatic imine (C=N–C) groups is 1. The highest BCUT2D eigenvalue weighted by Gasteiger charge is 2.19. The van der Waals surface area contributed by atoms with E-state index in [0.29, 0.717) is 11.7 Å². The van der Waals surface area contributed by atoms with E-state index in [1.54, 1.807) is 12.1 Å². The normalized spacial score (nSPS) is 14.7. The van der Waals surface area contributed by atoms with E-state index in [1.807, 2.05) is 6.92 Å². The summed E-state index contributed by atoms with van der Waals surface area (Å²) in [4.78, 5) is 4.22. The van der Waals surface area contributed by atoms with E-state index in [9.17, 15) is 16.8 Å². The van der Waals surface area contributed by atoms with Gasteiger partial charge in [0.15, 0.2) is 5.17 Å². The molecule has 2 N–H and O–H groups in total. The second kappa shape index (κ2) is 7.29. The molecular formula is C16H17N3O4S3. The molecule has 0 atom stereocenters. The average Bonchev–Trinajstić information content (AvgIpc) is 3.07. The van der Waals surface area contributed by atoms with Gasteiger partial charge in [-0.25, -0.2) is 16.8 Å². The van der Waals surface area contributed by atoms with Gasteiger partial charge in [-0.05, 0) is 43.3 Å². The van der Waals surface area contributed by atoms with E-state index in [4.69, 9.17) is 0 Å². The van der Waals surface area contributed by atoms with Crippen molar-refractivity contribution in [3.05, 3.63) is 54.1 Å². The van der Waals surface area contributed by atoms with Crippen LogP contribution in [0.4, 0.5) is 5.69 Å². The second-order valence-corrected chi connectivity index (χ2v) is 10.0. The zero-order chi connectivity index (χ0) is 18.8. The molecule has 0 saturated heterocycles. The molecule has 0 unspecified atom stereocenters. The van der Waals surface area contributed by atoms with Gasteiger partial charge in [0.2, 0.25) is 0 Å². The number of nitrogens with zero attached hydrogens (tertiary/aromatic N) is 1. The highest BCUT2D eigenvalue weighted by molar-refractivity contribution is 8.15. The van der Waals surface area contributed by atoms with E-state index in [1.165, 1.54) is 48.2 Å². The van der Waals surface area contributed by atoms with E-state index < -0.39 is 20.0 Å². The number of hydrogen-bond donors (Lipinski definition) is 2. The maximum atomic E-state index is 12.4. The third-order valence-corrected chi connectivity index (χ3v) is 7.33. The maximum Gasteiger partial charge on any atom is 0.263 e. The number of rotatable bonds is 5. The Morgan fingerprint density at radius 1 is 0.846 bits per heavy atom. The van der Waals surface area contributed by atoms with E-state index in [-0.39, 0.29) is 15.5 Å². The van der Waals surface area contributed by atoms with E-state index in [0.717, 1.165) is 11.3 Å². The molecule has 1 heterocycles. The Hall–Kier alpha value is -2.04. The number of amidine groups is 1. The van der Waals surface area contributed by atoms with Gasteiger partial charge in [0.1, 0.15) is 0 Å². The molecule has 1 aliphatic rings. The van der Waals surface area contributed by atoms with Crippen LogP contribution in [-0.4, -0.2) is 34.3 Å². The Morgan fingerprint density at radius 3 is 1.92 bits per heavy atom. The highest BCUT2D eigenvalue weighted by atomic mass is 32.2. The number of thioether (sulfide) groups is 1. The van der Waals surface area contributed by atoms with Crippen molar-refractivity contribution in [2.45, 2.75) is 16.7 Å². The van der Waals surface area contributed by atoms with Crippen molar-refractivity contribution in [1.29, 1.82) is 0 Å². The van der Waals surface area contributed by atoms with Crippen molar-refractivity contribution in [2.75, 3.05) is 17.0 Å². The van der Waals surface area contributed by atoms with Crippen LogP contribution in [0.25, 0.3) is 0 Å². The zero-order valence-corrected chi connectivity index (χ0v) is 16.3. The zero-order valence-electron chi connectivity index (χ0n) is 13.8. The lowest BCUT2D eigenvalue weighted by Crippen LogP contribution is -2.27. The summed E-state index contributed by atoms with van der Waals surface area (Å²) in [6, 6.07) is 11.9. The number of benzene rings is 2. The monoisotopic (exact) mass is 411 g/mol. The molecule has 2 aromatic carbocycles. The fraction of sp³-hybridized carbons (Fsp3) is 0.188. The summed E-state index contributed by atoms with van der Waals surface area (Å²) in [5.74, 6) is 0.748. The first-order valence-electron chi connectivity index (χ1n) is 7.66. The van der Waals surface area contributed by atoms with Gasteiger partial charge in [-0.15, -0.1) is 0 Å². The minimum Gasteiger partial charge on any atom is -0.280 e. The summed E-state index contributed by atoms with van der Waals surface area (Å²) in [5, 5.41) is 0.370. The molecule has 0 fully saturated rings. The quantitative estimate of drug-likeness (QED) is 0.785. The molecule has 0 bridgehead atoms. The molecule has 0 spiro atoms. The van der Waals surface area contributed by atoms with Crippen molar-refractivity contribution in [1.82, 2.24) is 4.72 Å². The van der Waals surface area contributed by atoms with Crippen LogP contribution in [-0.2, 0) is 20.0 Å². The Bertz CT molecular complexity index is 1030. The molecule has 1 aliphatic heterocycles. The Morgan fingerprint density at radius 2 is 1.38 bits per heavy atom. The Balaban J connectivity index is 1.76. The first-order valence-corrected chi connectivity index (χ1v) is 11.6. The molecule has 0 amide bonds. The van der Waals surface area contributed by atoms with Gasteiger partial charge in [-0.2, -0.15) is 0 Å².